The van der Waals surface area contributed by atoms with Crippen molar-refractivity contribution in [1.29, 1.82) is 0 Å². The Morgan fingerprint density at radius 2 is 1.25 bits per heavy atom. The summed E-state index contributed by atoms with van der Waals surface area (Å²) in [5.41, 5.74) is 13.1. The molecule has 2 atom stereocenters. The van der Waals surface area contributed by atoms with Gasteiger partial charge in [0.25, 0.3) is 0 Å². The molecule has 2 radical (unpaired) electrons. The van der Waals surface area contributed by atoms with Gasteiger partial charge in [0.05, 0.1) is 13.4 Å². The summed E-state index contributed by atoms with van der Waals surface area (Å²) >= 11 is 0. The lowest BCUT2D eigenvalue weighted by atomic mass is 9.62. The van der Waals surface area contributed by atoms with Gasteiger partial charge in [-0.25, -0.2) is 4.99 Å². The molecule has 0 aromatic carbocycles. The van der Waals surface area contributed by atoms with Gasteiger partial charge in [0, 0.05) is 34.7 Å². The second kappa shape index (κ2) is 14.2. The van der Waals surface area contributed by atoms with Crippen molar-refractivity contribution < 1.29 is 0 Å². The topological polar surface area (TPSA) is 104 Å². The number of nitrogens with two attached hydrogens (primary N) is 2. The predicted molar refractivity (Wildman–Crippen MR) is 194 cm³/mol. The van der Waals surface area contributed by atoms with Crippen LogP contribution in [0.25, 0.3) is 0 Å². The van der Waals surface area contributed by atoms with E-state index >= 15 is 0 Å². The maximum Gasteiger partial charge on any atom is 0.219 e. The van der Waals surface area contributed by atoms with Crippen LogP contribution in [0.4, 0.5) is 0 Å². The standard InChI is InChI=1S/C36H72BN7/c1-25(37)28(26-21-32(5,6)42-33(7,8)22-26)19-17-15-16-18-20-44(27-23-34(9,10)43-35(11,12)24-27)30(39)40-29(38)41-36(13,14)31(2,3)4/h25-28,42-43H,15-24H2,1-14H3,(H4,38,39,40,41). The van der Waals surface area contributed by atoms with E-state index in [9.17, 15) is 0 Å². The van der Waals surface area contributed by atoms with E-state index in [1.807, 2.05) is 0 Å². The molecule has 0 aromatic rings. The Balaban J connectivity index is 2.10. The van der Waals surface area contributed by atoms with Crippen LogP contribution in [-0.4, -0.2) is 64.9 Å². The molecular formula is C36H72BN7. The number of piperidine rings is 2. The molecule has 2 saturated heterocycles. The van der Waals surface area contributed by atoms with Crippen molar-refractivity contribution in [2.45, 2.75) is 194 Å². The van der Waals surface area contributed by atoms with Gasteiger partial charge in [0.2, 0.25) is 5.96 Å². The third kappa shape index (κ3) is 11.8. The highest BCUT2D eigenvalue weighted by Gasteiger charge is 2.42. The zero-order valence-corrected chi connectivity index (χ0v) is 31.5. The average molecular weight is 614 g/mol. The maximum absolute atomic E-state index is 6.77. The first-order chi connectivity index (χ1) is 19.7. The van der Waals surface area contributed by atoms with E-state index in [4.69, 9.17) is 24.3 Å². The second-order valence-corrected chi connectivity index (χ2v) is 18.7. The van der Waals surface area contributed by atoms with E-state index in [2.05, 4.69) is 117 Å². The molecule has 0 aliphatic carbocycles. The lowest BCUT2D eigenvalue weighted by Gasteiger charge is -2.50. The van der Waals surface area contributed by atoms with Crippen LogP contribution < -0.4 is 22.1 Å². The van der Waals surface area contributed by atoms with Gasteiger partial charge in [-0.2, -0.15) is 4.99 Å². The van der Waals surface area contributed by atoms with Crippen molar-refractivity contribution in [1.82, 2.24) is 15.5 Å². The van der Waals surface area contributed by atoms with Crippen LogP contribution in [0.5, 0.6) is 0 Å². The molecule has 0 aromatic heterocycles. The summed E-state index contributed by atoms with van der Waals surface area (Å²) in [4.78, 5) is 11.8. The minimum Gasteiger partial charge on any atom is -0.369 e. The molecule has 0 saturated carbocycles. The molecule has 2 fully saturated rings. The van der Waals surface area contributed by atoms with E-state index < -0.39 is 0 Å². The molecule has 2 heterocycles. The quantitative estimate of drug-likeness (QED) is 0.0858. The van der Waals surface area contributed by atoms with Crippen LogP contribution in [-0.2, 0) is 0 Å². The fraction of sp³-hybridized carbons (Fsp3) is 0.944. The SMILES string of the molecule is [B]C(C)C(CCCCCCN(C(N)=NC(N)=NC(C)(C)C(C)(C)C)C1CC(C)(C)NC(C)(C)C1)C1CC(C)(C)NC(C)(C)C1. The zero-order chi connectivity index (χ0) is 33.9. The summed E-state index contributed by atoms with van der Waals surface area (Å²) < 4.78 is 0. The van der Waals surface area contributed by atoms with Gasteiger partial charge in [0.1, 0.15) is 0 Å². The Hall–Kier alpha value is -1.28. The third-order valence-electron chi connectivity index (χ3n) is 10.6. The maximum atomic E-state index is 6.77. The van der Waals surface area contributed by atoms with Crippen molar-refractivity contribution in [3.05, 3.63) is 0 Å². The molecule has 0 bridgehead atoms. The van der Waals surface area contributed by atoms with Crippen molar-refractivity contribution >= 4 is 19.8 Å². The van der Waals surface area contributed by atoms with Crippen LogP contribution in [0, 0.1) is 17.3 Å². The summed E-state index contributed by atoms with van der Waals surface area (Å²) in [6.45, 7) is 32.3. The van der Waals surface area contributed by atoms with Gasteiger partial charge < -0.3 is 27.0 Å². The predicted octanol–water partition coefficient (Wildman–Crippen LogP) is 7.15. The Morgan fingerprint density at radius 1 is 0.795 bits per heavy atom. The van der Waals surface area contributed by atoms with Crippen LogP contribution >= 0.6 is 0 Å². The van der Waals surface area contributed by atoms with Gasteiger partial charge in [-0.1, -0.05) is 59.2 Å². The molecule has 2 rings (SSSR count). The van der Waals surface area contributed by atoms with E-state index in [-0.39, 0.29) is 50.9 Å². The van der Waals surface area contributed by atoms with Gasteiger partial charge >= 0.3 is 0 Å². The largest absolute Gasteiger partial charge is 0.369 e. The third-order valence-corrected chi connectivity index (χ3v) is 10.6. The smallest absolute Gasteiger partial charge is 0.219 e. The molecule has 6 N–H and O–H groups in total. The Bertz CT molecular complexity index is 955. The van der Waals surface area contributed by atoms with Gasteiger partial charge in [-0.15, -0.1) is 0 Å². The number of rotatable bonds is 11. The number of nitrogens with zero attached hydrogens (tertiary/aromatic N) is 3. The summed E-state index contributed by atoms with van der Waals surface area (Å²) in [5.74, 6) is 2.19. The molecule has 2 aliphatic heterocycles. The molecule has 2 aliphatic rings. The Morgan fingerprint density at radius 3 is 1.70 bits per heavy atom. The highest BCUT2D eigenvalue weighted by atomic mass is 15.3. The van der Waals surface area contributed by atoms with Gasteiger partial charge in [-0.05, 0) is 119 Å². The summed E-state index contributed by atoms with van der Waals surface area (Å²) in [6.07, 6.45) is 10.2. The van der Waals surface area contributed by atoms with E-state index in [1.54, 1.807) is 0 Å². The van der Waals surface area contributed by atoms with E-state index in [1.165, 1.54) is 32.1 Å². The molecule has 8 heteroatoms. The number of nitrogens with one attached hydrogen (secondary N) is 2. The molecule has 44 heavy (non-hydrogen) atoms. The van der Waals surface area contributed by atoms with Crippen LogP contribution in [0.1, 0.15) is 155 Å². The van der Waals surface area contributed by atoms with Crippen molar-refractivity contribution in [2.24, 2.45) is 38.7 Å². The van der Waals surface area contributed by atoms with Gasteiger partial charge in [-0.3, -0.25) is 0 Å². The number of guanidine groups is 2. The van der Waals surface area contributed by atoms with E-state index in [0.29, 0.717) is 17.8 Å². The van der Waals surface area contributed by atoms with Crippen molar-refractivity contribution in [3.63, 3.8) is 0 Å². The molecule has 2 unspecified atom stereocenters. The first kappa shape index (κ1) is 38.9. The summed E-state index contributed by atoms with van der Waals surface area (Å²) in [6, 6.07) is 0.280. The molecule has 254 valence electrons. The van der Waals surface area contributed by atoms with Crippen LogP contribution in [0.3, 0.4) is 0 Å². The Kier molecular flexibility index (Phi) is 12.6. The molecule has 0 amide bonds. The molecule has 7 nitrogen and oxygen atoms in total. The minimum absolute atomic E-state index is 0.00447. The Labute approximate surface area is 274 Å². The first-order valence-electron chi connectivity index (χ1n) is 17.6. The average Bonchev–Trinajstić information content (AvgIpc) is 2.74. The normalized spacial score (nSPS) is 24.6. The first-order valence-corrected chi connectivity index (χ1v) is 17.6. The monoisotopic (exact) mass is 614 g/mol. The zero-order valence-electron chi connectivity index (χ0n) is 31.5. The lowest BCUT2D eigenvalue weighted by molar-refractivity contribution is 0.0866. The van der Waals surface area contributed by atoms with Crippen molar-refractivity contribution in [2.75, 3.05) is 6.54 Å². The fourth-order valence-corrected chi connectivity index (χ4v) is 8.28. The minimum atomic E-state index is -0.358. The van der Waals surface area contributed by atoms with Crippen molar-refractivity contribution in [3.8, 4) is 0 Å². The summed E-state index contributed by atoms with van der Waals surface area (Å²) in [5, 5.41) is 7.66. The highest BCUT2D eigenvalue weighted by molar-refractivity contribution is 6.11. The van der Waals surface area contributed by atoms with Crippen LogP contribution in [0.2, 0.25) is 5.82 Å². The lowest BCUT2D eigenvalue weighted by Crippen LogP contribution is -2.63. The number of hydrogen-bond donors (Lipinski definition) is 4. The molecule has 0 spiro atoms. The van der Waals surface area contributed by atoms with E-state index in [0.717, 1.165) is 32.2 Å². The molecular weight excluding hydrogens is 541 g/mol. The number of unbranched alkanes of at least 4 members (excludes halogenated alkanes) is 3. The highest BCUT2D eigenvalue weighted by Crippen LogP contribution is 2.42. The summed E-state index contributed by atoms with van der Waals surface area (Å²) in [7, 11) is 6.61. The second-order valence-electron chi connectivity index (χ2n) is 18.7. The van der Waals surface area contributed by atoms with Gasteiger partial charge in [0.15, 0.2) is 5.96 Å². The fourth-order valence-electron chi connectivity index (χ4n) is 8.28. The number of hydrogen-bond acceptors (Lipinski definition) is 3. The van der Waals surface area contributed by atoms with Crippen LogP contribution in [0.15, 0.2) is 9.98 Å². The number of aliphatic imine (C=N–C) groups is 2.